The zero-order valence-corrected chi connectivity index (χ0v) is 12.9. The third-order valence-corrected chi connectivity index (χ3v) is 5.74. The number of thiophene rings is 1. The van der Waals surface area contributed by atoms with E-state index in [4.69, 9.17) is 23.7 Å². The van der Waals surface area contributed by atoms with Crippen molar-refractivity contribution in [3.63, 3.8) is 0 Å². The monoisotopic (exact) mass is 321 g/mol. The lowest BCUT2D eigenvalue weighted by Gasteiger charge is -2.18. The number of carbonyl (C=O) groups is 1. The van der Waals surface area contributed by atoms with E-state index in [-0.39, 0.29) is 15.1 Å². The molecule has 0 aliphatic rings. The van der Waals surface area contributed by atoms with E-state index in [1.54, 1.807) is 13.8 Å². The van der Waals surface area contributed by atoms with Crippen LogP contribution in [0.2, 0.25) is 0 Å². The van der Waals surface area contributed by atoms with Gasteiger partial charge in [-0.2, -0.15) is 4.72 Å². The summed E-state index contributed by atoms with van der Waals surface area (Å²) in [6.45, 7) is 3.40. The van der Waals surface area contributed by atoms with Crippen molar-refractivity contribution >= 4 is 44.5 Å². The van der Waals surface area contributed by atoms with E-state index in [1.165, 1.54) is 12.1 Å². The zero-order valence-electron chi connectivity index (χ0n) is 10.4. The quantitative estimate of drug-likeness (QED) is 0.646. The Kier molecular flexibility index (Phi) is 5.02. The molecule has 0 saturated heterocycles. The van der Waals surface area contributed by atoms with Gasteiger partial charge in [-0.3, -0.25) is 4.79 Å². The zero-order chi connectivity index (χ0) is 14.8. The molecule has 1 unspecified atom stereocenters. The molecule has 1 aromatic heterocycles. The van der Waals surface area contributed by atoms with Crippen LogP contribution >= 0.6 is 23.6 Å². The van der Waals surface area contributed by atoms with Crippen molar-refractivity contribution in [1.29, 1.82) is 0 Å². The number of primary amides is 1. The van der Waals surface area contributed by atoms with E-state index >= 15 is 0 Å². The van der Waals surface area contributed by atoms with Gasteiger partial charge < -0.3 is 11.5 Å². The highest BCUT2D eigenvalue weighted by molar-refractivity contribution is 7.91. The van der Waals surface area contributed by atoms with Crippen LogP contribution in [-0.2, 0) is 14.8 Å². The summed E-state index contributed by atoms with van der Waals surface area (Å²) in [6.07, 6.45) is 0. The standard InChI is InChI=1S/C10H15N3O3S3/c1-5(2)8(9(11)14)13-19(15,16)7-4-3-6(18-7)10(12)17/h3-5,8,13H,1-2H3,(H2,11,14)(H2,12,17). The van der Waals surface area contributed by atoms with E-state index in [9.17, 15) is 13.2 Å². The minimum Gasteiger partial charge on any atom is -0.389 e. The highest BCUT2D eigenvalue weighted by atomic mass is 32.2. The fourth-order valence-corrected chi connectivity index (χ4v) is 4.07. The number of thiocarbonyl (C=S) groups is 1. The van der Waals surface area contributed by atoms with Crippen molar-refractivity contribution in [2.75, 3.05) is 0 Å². The molecule has 9 heteroatoms. The van der Waals surface area contributed by atoms with Gasteiger partial charge in [0.1, 0.15) is 15.2 Å². The first-order chi connectivity index (χ1) is 8.65. The number of rotatable bonds is 6. The number of hydrogen-bond donors (Lipinski definition) is 3. The molecule has 1 aromatic rings. The first-order valence-corrected chi connectivity index (χ1v) is 8.07. The second kappa shape index (κ2) is 5.95. The van der Waals surface area contributed by atoms with Gasteiger partial charge in [-0.1, -0.05) is 26.1 Å². The van der Waals surface area contributed by atoms with Gasteiger partial charge in [-0.15, -0.1) is 11.3 Å². The first kappa shape index (κ1) is 16.0. The van der Waals surface area contributed by atoms with Gasteiger partial charge in [0.05, 0.1) is 4.88 Å². The largest absolute Gasteiger partial charge is 0.389 e. The van der Waals surface area contributed by atoms with Crippen LogP contribution in [0.5, 0.6) is 0 Å². The lowest BCUT2D eigenvalue weighted by Crippen LogP contribution is -2.47. The Hall–Kier alpha value is -1.03. The Morgan fingerprint density at radius 2 is 1.95 bits per heavy atom. The van der Waals surface area contributed by atoms with Crippen LogP contribution in [0.1, 0.15) is 18.7 Å². The van der Waals surface area contributed by atoms with Gasteiger partial charge >= 0.3 is 0 Å². The van der Waals surface area contributed by atoms with Crippen LogP contribution in [0.3, 0.4) is 0 Å². The van der Waals surface area contributed by atoms with E-state index < -0.39 is 22.0 Å². The topological polar surface area (TPSA) is 115 Å². The number of carbonyl (C=O) groups excluding carboxylic acids is 1. The fourth-order valence-electron chi connectivity index (χ4n) is 1.34. The molecule has 0 bridgehead atoms. The molecule has 1 heterocycles. The predicted molar refractivity (Wildman–Crippen MR) is 78.3 cm³/mol. The molecule has 1 amide bonds. The third kappa shape index (κ3) is 3.96. The lowest BCUT2D eigenvalue weighted by atomic mass is 10.1. The molecule has 0 aliphatic heterocycles. The van der Waals surface area contributed by atoms with Gasteiger partial charge in [-0.05, 0) is 18.1 Å². The van der Waals surface area contributed by atoms with Crippen LogP contribution < -0.4 is 16.2 Å². The van der Waals surface area contributed by atoms with E-state index in [1.807, 2.05) is 0 Å². The Morgan fingerprint density at radius 3 is 2.32 bits per heavy atom. The Labute approximate surface area is 121 Å². The summed E-state index contributed by atoms with van der Waals surface area (Å²) in [6, 6.07) is 1.95. The second-order valence-corrected chi connectivity index (χ2v) is 7.69. The maximum absolute atomic E-state index is 12.1. The van der Waals surface area contributed by atoms with Crippen molar-refractivity contribution in [3.8, 4) is 0 Å². The average molecular weight is 321 g/mol. The smallest absolute Gasteiger partial charge is 0.250 e. The highest BCUT2D eigenvalue weighted by Crippen LogP contribution is 2.22. The summed E-state index contributed by atoms with van der Waals surface area (Å²) in [5, 5.41) is 0. The minimum atomic E-state index is -3.81. The number of hydrogen-bond acceptors (Lipinski definition) is 5. The molecule has 5 N–H and O–H groups in total. The molecule has 0 aromatic carbocycles. The first-order valence-electron chi connectivity index (χ1n) is 5.36. The molecular formula is C10H15N3O3S3. The van der Waals surface area contributed by atoms with Crippen molar-refractivity contribution in [2.45, 2.75) is 24.1 Å². The van der Waals surface area contributed by atoms with Gasteiger partial charge in [0.15, 0.2) is 0 Å². The highest BCUT2D eigenvalue weighted by Gasteiger charge is 2.27. The SMILES string of the molecule is CC(C)C(NS(=O)(=O)c1ccc(C(N)=S)s1)C(N)=O. The van der Waals surface area contributed by atoms with E-state index in [0.717, 1.165) is 11.3 Å². The predicted octanol–water partition coefficient (Wildman–Crippen LogP) is 0.171. The Balaban J connectivity index is 3.03. The van der Waals surface area contributed by atoms with Crippen LogP contribution in [0, 0.1) is 5.92 Å². The Bertz CT molecular complexity index is 592. The van der Waals surface area contributed by atoms with Gasteiger partial charge in [0.25, 0.3) is 10.0 Å². The maximum Gasteiger partial charge on any atom is 0.250 e. The summed E-state index contributed by atoms with van der Waals surface area (Å²) in [5.74, 6) is -0.966. The summed E-state index contributed by atoms with van der Waals surface area (Å²) in [7, 11) is -3.81. The molecule has 0 spiro atoms. The molecule has 1 atom stereocenters. The summed E-state index contributed by atoms with van der Waals surface area (Å²) >= 11 is 5.71. The lowest BCUT2D eigenvalue weighted by molar-refractivity contribution is -0.120. The van der Waals surface area contributed by atoms with Crippen LogP contribution in [0.15, 0.2) is 16.3 Å². The number of nitrogens with two attached hydrogens (primary N) is 2. The van der Waals surface area contributed by atoms with E-state index in [2.05, 4.69) is 4.72 Å². The van der Waals surface area contributed by atoms with Gasteiger partial charge in [0.2, 0.25) is 5.91 Å². The van der Waals surface area contributed by atoms with Crippen molar-refractivity contribution in [3.05, 3.63) is 17.0 Å². The van der Waals surface area contributed by atoms with Crippen LogP contribution in [0.25, 0.3) is 0 Å². The Morgan fingerprint density at radius 1 is 1.37 bits per heavy atom. The van der Waals surface area contributed by atoms with Crippen LogP contribution in [0.4, 0.5) is 0 Å². The number of nitrogens with one attached hydrogen (secondary N) is 1. The molecule has 0 saturated carbocycles. The van der Waals surface area contributed by atoms with Gasteiger partial charge in [-0.25, -0.2) is 8.42 Å². The van der Waals surface area contributed by atoms with Crippen molar-refractivity contribution < 1.29 is 13.2 Å². The molecule has 0 radical (unpaired) electrons. The molecule has 19 heavy (non-hydrogen) atoms. The summed E-state index contributed by atoms with van der Waals surface area (Å²) < 4.78 is 26.5. The molecule has 1 rings (SSSR count). The van der Waals surface area contributed by atoms with Crippen molar-refractivity contribution in [2.24, 2.45) is 17.4 Å². The molecular weight excluding hydrogens is 306 g/mol. The molecule has 106 valence electrons. The second-order valence-electron chi connectivity index (χ2n) is 4.23. The van der Waals surface area contributed by atoms with Gasteiger partial charge in [0, 0.05) is 0 Å². The summed E-state index contributed by atoms with van der Waals surface area (Å²) in [4.78, 5) is 11.8. The van der Waals surface area contributed by atoms with E-state index in [0.29, 0.717) is 4.88 Å². The normalized spacial score (nSPS) is 13.4. The minimum absolute atomic E-state index is 0.0437. The summed E-state index contributed by atoms with van der Waals surface area (Å²) in [5.41, 5.74) is 10.6. The number of amides is 1. The molecule has 6 nitrogen and oxygen atoms in total. The molecule has 0 aliphatic carbocycles. The average Bonchev–Trinajstić information content (AvgIpc) is 2.75. The van der Waals surface area contributed by atoms with Crippen LogP contribution in [-0.4, -0.2) is 25.4 Å². The fraction of sp³-hybridized carbons (Fsp3) is 0.400. The maximum atomic E-state index is 12.1. The molecule has 0 fully saturated rings. The third-order valence-electron chi connectivity index (χ3n) is 2.34. The van der Waals surface area contributed by atoms with Crippen molar-refractivity contribution in [1.82, 2.24) is 4.72 Å². The number of sulfonamides is 1.